The molecule has 2 aliphatic rings. The van der Waals surface area contributed by atoms with Gasteiger partial charge in [-0.2, -0.15) is 0 Å². The van der Waals surface area contributed by atoms with E-state index >= 15 is 4.39 Å². The number of piperidine rings is 1. The molecule has 1 atom stereocenters. The van der Waals surface area contributed by atoms with Crippen molar-refractivity contribution in [3.05, 3.63) is 77.1 Å². The van der Waals surface area contributed by atoms with Crippen LogP contribution in [0.5, 0.6) is 0 Å². The van der Waals surface area contributed by atoms with Crippen molar-refractivity contribution >= 4 is 28.5 Å². The van der Waals surface area contributed by atoms with E-state index in [1.54, 1.807) is 18.2 Å². The van der Waals surface area contributed by atoms with Gasteiger partial charge in [-0.25, -0.2) is 9.18 Å². The molecule has 4 heterocycles. The molecule has 10 heteroatoms. The topological polar surface area (TPSA) is 112 Å². The number of imide groups is 1. The Balaban J connectivity index is 1.23. The van der Waals surface area contributed by atoms with E-state index in [0.717, 1.165) is 28.1 Å². The van der Waals surface area contributed by atoms with Gasteiger partial charge in [0.05, 0.1) is 28.7 Å². The maximum atomic E-state index is 16.2. The van der Waals surface area contributed by atoms with Gasteiger partial charge in [-0.1, -0.05) is 49.3 Å². The van der Waals surface area contributed by atoms with E-state index in [1.165, 1.54) is 11.1 Å². The number of halogens is 1. The summed E-state index contributed by atoms with van der Waals surface area (Å²) in [6, 6.07) is 12.7. The number of aromatic nitrogens is 2. The van der Waals surface area contributed by atoms with Crippen molar-refractivity contribution in [2.75, 3.05) is 24.5 Å². The molecule has 2 aliphatic heterocycles. The Morgan fingerprint density at radius 3 is 2.52 bits per heavy atom. The Morgan fingerprint density at radius 2 is 1.86 bits per heavy atom. The number of rotatable bonds is 5. The number of nitrogens with zero attached hydrogens (tertiary/aromatic N) is 4. The molecule has 1 unspecified atom stereocenters. The number of anilines is 1. The van der Waals surface area contributed by atoms with E-state index in [4.69, 9.17) is 4.52 Å². The van der Waals surface area contributed by atoms with E-state index in [1.807, 2.05) is 27.7 Å². The number of pyridine rings is 1. The number of aliphatic hydroxyl groups is 1. The van der Waals surface area contributed by atoms with Crippen molar-refractivity contribution in [1.82, 2.24) is 20.4 Å². The molecular weight excluding hydrogens is 537 g/mol. The van der Waals surface area contributed by atoms with Gasteiger partial charge in [-0.3, -0.25) is 24.9 Å². The molecular formula is C32H34FN5O4. The summed E-state index contributed by atoms with van der Waals surface area (Å²) in [5.74, 6) is -0.101. The van der Waals surface area contributed by atoms with Gasteiger partial charge in [-0.15, -0.1) is 0 Å². The minimum Gasteiger partial charge on any atom is -0.384 e. The van der Waals surface area contributed by atoms with Crippen LogP contribution in [0.3, 0.4) is 0 Å². The quantitative estimate of drug-likeness (QED) is 0.338. The Bertz CT molecular complexity index is 1680. The molecule has 2 N–H and O–H groups in total. The minimum absolute atomic E-state index is 0.155. The van der Waals surface area contributed by atoms with Gasteiger partial charge in [-0.05, 0) is 43.5 Å². The van der Waals surface area contributed by atoms with E-state index in [9.17, 15) is 14.7 Å². The minimum atomic E-state index is -1.42. The largest absolute Gasteiger partial charge is 0.384 e. The van der Waals surface area contributed by atoms with Gasteiger partial charge in [0.1, 0.15) is 11.6 Å². The van der Waals surface area contributed by atoms with E-state index in [2.05, 4.69) is 44.6 Å². The number of carbonyl (C=O) groups excluding carboxylic acids is 2. The fraction of sp³-hybridized carbons (Fsp3) is 0.375. The normalized spacial score (nSPS) is 21.1. The second-order valence-corrected chi connectivity index (χ2v) is 12.0. The zero-order valence-electron chi connectivity index (χ0n) is 24.2. The summed E-state index contributed by atoms with van der Waals surface area (Å²) in [5, 5.41) is 18.6. The maximum absolute atomic E-state index is 16.2. The number of likely N-dealkylation sites (tertiary alicyclic amines) is 1. The molecule has 2 fully saturated rings. The first kappa shape index (κ1) is 28.0. The van der Waals surface area contributed by atoms with E-state index in [0.29, 0.717) is 37.3 Å². The summed E-state index contributed by atoms with van der Waals surface area (Å²) in [5.41, 5.74) is 3.03. The van der Waals surface area contributed by atoms with Crippen LogP contribution in [0.25, 0.3) is 22.0 Å². The Hall–Kier alpha value is -4.15. The highest BCUT2D eigenvalue weighted by Crippen LogP contribution is 2.48. The van der Waals surface area contributed by atoms with Crippen LogP contribution in [-0.2, 0) is 16.9 Å². The molecule has 0 radical (unpaired) electrons. The van der Waals surface area contributed by atoms with Crippen molar-refractivity contribution in [3.63, 3.8) is 0 Å². The highest BCUT2D eigenvalue weighted by atomic mass is 19.1. The number of urea groups is 1. The SMILES string of the molecule is Cc1noc(C)c1-c1ccc(CN2CCC(O)(c3ccc4ncc(N5CCC(=O)NC5=O)cc4c3F)C(C)(C)C2)cc1. The summed E-state index contributed by atoms with van der Waals surface area (Å²) < 4.78 is 21.5. The van der Waals surface area contributed by atoms with Crippen molar-refractivity contribution in [2.24, 2.45) is 5.41 Å². The molecule has 2 aromatic heterocycles. The number of carbonyl (C=O) groups is 2. The standard InChI is InChI=1S/C32H34FN5O4/c1-19-28(20(2)42-36-19)22-7-5-21(6-8-22)17-37-14-12-32(41,31(3,4)18-37)25-9-10-26-24(29(25)33)15-23(16-34-26)38-13-11-27(39)35-30(38)40/h5-10,15-16,41H,11-14,17-18H2,1-4H3,(H,35,39,40). The molecule has 0 bridgehead atoms. The summed E-state index contributed by atoms with van der Waals surface area (Å²) in [6.07, 6.45) is 2.00. The Kier molecular flexibility index (Phi) is 6.86. The Morgan fingerprint density at radius 1 is 1.10 bits per heavy atom. The van der Waals surface area contributed by atoms with Crippen LogP contribution >= 0.6 is 0 Å². The molecule has 9 nitrogen and oxygen atoms in total. The molecule has 0 spiro atoms. The molecule has 4 aromatic rings. The van der Waals surface area contributed by atoms with Gasteiger partial charge >= 0.3 is 6.03 Å². The second-order valence-electron chi connectivity index (χ2n) is 12.0. The van der Waals surface area contributed by atoms with Gasteiger partial charge in [0, 0.05) is 54.5 Å². The fourth-order valence-electron chi connectivity index (χ4n) is 6.42. The Labute approximate surface area is 243 Å². The van der Waals surface area contributed by atoms with Crippen molar-refractivity contribution in [1.29, 1.82) is 0 Å². The van der Waals surface area contributed by atoms with Gasteiger partial charge in [0.25, 0.3) is 0 Å². The third-order valence-electron chi connectivity index (χ3n) is 8.81. The van der Waals surface area contributed by atoms with Crippen LogP contribution in [-0.4, -0.2) is 51.7 Å². The number of benzene rings is 2. The van der Waals surface area contributed by atoms with E-state index < -0.39 is 22.9 Å². The molecule has 3 amide bonds. The number of aryl methyl sites for hydroxylation is 2. The molecule has 2 aromatic carbocycles. The van der Waals surface area contributed by atoms with Crippen LogP contribution in [0.2, 0.25) is 0 Å². The number of nitrogens with one attached hydrogen (secondary N) is 1. The molecule has 42 heavy (non-hydrogen) atoms. The number of hydrogen-bond acceptors (Lipinski definition) is 7. The van der Waals surface area contributed by atoms with Gasteiger partial charge in [0.15, 0.2) is 0 Å². The molecule has 0 saturated carbocycles. The average Bonchev–Trinajstić information content (AvgIpc) is 3.29. The van der Waals surface area contributed by atoms with E-state index in [-0.39, 0.29) is 29.8 Å². The molecule has 218 valence electrons. The monoisotopic (exact) mass is 571 g/mol. The molecule has 2 saturated heterocycles. The van der Waals surface area contributed by atoms with Crippen LogP contribution in [0.1, 0.15) is 49.3 Å². The first-order valence-corrected chi connectivity index (χ1v) is 14.1. The maximum Gasteiger partial charge on any atom is 0.328 e. The summed E-state index contributed by atoms with van der Waals surface area (Å²) in [4.78, 5) is 31.9. The van der Waals surface area contributed by atoms with Crippen molar-refractivity contribution in [3.8, 4) is 11.1 Å². The third kappa shape index (κ3) is 4.74. The number of fused-ring (bicyclic) bond motifs is 1. The zero-order chi connectivity index (χ0) is 29.8. The lowest BCUT2D eigenvalue weighted by Gasteiger charge is -2.50. The van der Waals surface area contributed by atoms with Crippen LogP contribution in [0, 0.1) is 25.1 Å². The molecule has 6 rings (SSSR count). The van der Waals surface area contributed by atoms with Crippen LogP contribution in [0.4, 0.5) is 14.9 Å². The fourth-order valence-corrected chi connectivity index (χ4v) is 6.42. The lowest BCUT2D eigenvalue weighted by molar-refractivity contribution is -0.128. The van der Waals surface area contributed by atoms with Crippen LogP contribution < -0.4 is 10.2 Å². The predicted octanol–water partition coefficient (Wildman–Crippen LogP) is 5.21. The van der Waals surface area contributed by atoms with Crippen molar-refractivity contribution < 1.29 is 23.6 Å². The summed E-state index contributed by atoms with van der Waals surface area (Å²) >= 11 is 0. The first-order valence-electron chi connectivity index (χ1n) is 14.1. The number of amides is 3. The molecule has 0 aliphatic carbocycles. The third-order valence-corrected chi connectivity index (χ3v) is 8.81. The highest BCUT2D eigenvalue weighted by molar-refractivity contribution is 6.06. The van der Waals surface area contributed by atoms with Crippen molar-refractivity contribution in [2.45, 2.75) is 52.7 Å². The van der Waals surface area contributed by atoms with Gasteiger partial charge < -0.3 is 9.63 Å². The average molecular weight is 572 g/mol. The first-order chi connectivity index (χ1) is 20.0. The number of hydrogen-bond donors (Lipinski definition) is 2. The van der Waals surface area contributed by atoms with Crippen LogP contribution in [0.15, 0.2) is 53.2 Å². The smallest absolute Gasteiger partial charge is 0.328 e. The zero-order valence-corrected chi connectivity index (χ0v) is 24.2. The second kappa shape index (κ2) is 10.3. The highest BCUT2D eigenvalue weighted by Gasteiger charge is 2.50. The lowest BCUT2D eigenvalue weighted by Crippen LogP contribution is -2.55. The lowest BCUT2D eigenvalue weighted by atomic mass is 9.66. The summed E-state index contributed by atoms with van der Waals surface area (Å²) in [6.45, 7) is 9.81. The summed E-state index contributed by atoms with van der Waals surface area (Å²) in [7, 11) is 0. The van der Waals surface area contributed by atoms with Gasteiger partial charge in [0.2, 0.25) is 5.91 Å². The predicted molar refractivity (Wildman–Crippen MR) is 156 cm³/mol.